The first-order valence-corrected chi connectivity index (χ1v) is 7.30. The first-order chi connectivity index (χ1) is 10.3. The van der Waals surface area contributed by atoms with Gasteiger partial charge < -0.3 is 9.47 Å². The average Bonchev–Trinajstić information content (AvgIpc) is 2.96. The van der Waals surface area contributed by atoms with Crippen molar-refractivity contribution in [3.05, 3.63) is 35.7 Å². The quantitative estimate of drug-likeness (QED) is 0.556. The van der Waals surface area contributed by atoms with Crippen LogP contribution < -0.4 is 20.7 Å². The average molecular weight is 302 g/mol. The summed E-state index contributed by atoms with van der Waals surface area (Å²) < 4.78 is 11.3. The number of hydrazine groups is 1. The van der Waals surface area contributed by atoms with Crippen molar-refractivity contribution in [2.24, 2.45) is 5.84 Å². The topological polar surface area (TPSA) is 82.3 Å². The Morgan fingerprint density at radius 3 is 2.90 bits per heavy atom. The van der Waals surface area contributed by atoms with Crippen LogP contribution in [-0.4, -0.2) is 16.6 Å². The molecule has 3 N–H and O–H groups in total. The molecule has 6 nitrogen and oxygen atoms in total. The second-order valence-electron chi connectivity index (χ2n) is 4.15. The molecule has 0 fully saturated rings. The van der Waals surface area contributed by atoms with Crippen LogP contribution in [0.5, 0.6) is 17.4 Å². The molecule has 0 atom stereocenters. The molecule has 0 spiro atoms. The Hall–Kier alpha value is -2.38. The van der Waals surface area contributed by atoms with Crippen LogP contribution in [0.4, 0.5) is 5.95 Å². The Morgan fingerprint density at radius 1 is 1.24 bits per heavy atom. The van der Waals surface area contributed by atoms with Crippen LogP contribution in [-0.2, 0) is 0 Å². The van der Waals surface area contributed by atoms with Crippen LogP contribution in [0.1, 0.15) is 6.92 Å². The summed E-state index contributed by atoms with van der Waals surface area (Å²) in [4.78, 5) is 9.34. The number of nitrogen functional groups attached to an aromatic ring is 1. The van der Waals surface area contributed by atoms with Crippen molar-refractivity contribution < 1.29 is 9.47 Å². The largest absolute Gasteiger partial charge is 0.494 e. The van der Waals surface area contributed by atoms with E-state index in [0.29, 0.717) is 24.2 Å². The minimum absolute atomic E-state index is 0.320. The van der Waals surface area contributed by atoms with E-state index in [4.69, 9.17) is 15.3 Å². The summed E-state index contributed by atoms with van der Waals surface area (Å²) in [5.74, 6) is 7.57. The molecule has 2 heterocycles. The normalized spacial score (nSPS) is 10.6. The number of benzene rings is 1. The number of thiophene rings is 1. The summed E-state index contributed by atoms with van der Waals surface area (Å²) in [5, 5.41) is 2.78. The van der Waals surface area contributed by atoms with Gasteiger partial charge in [0.2, 0.25) is 11.8 Å². The van der Waals surface area contributed by atoms with Gasteiger partial charge in [-0.1, -0.05) is 6.07 Å². The highest BCUT2D eigenvalue weighted by atomic mass is 32.1. The van der Waals surface area contributed by atoms with Gasteiger partial charge in [0, 0.05) is 6.07 Å². The molecule has 3 aromatic rings. The van der Waals surface area contributed by atoms with Crippen LogP contribution in [0.15, 0.2) is 35.7 Å². The lowest BCUT2D eigenvalue weighted by atomic mass is 10.3. The Morgan fingerprint density at radius 2 is 2.10 bits per heavy atom. The van der Waals surface area contributed by atoms with Crippen molar-refractivity contribution in [2.75, 3.05) is 12.0 Å². The summed E-state index contributed by atoms with van der Waals surface area (Å²) >= 11 is 1.50. The molecule has 108 valence electrons. The fraction of sp³-hybridized carbons (Fsp3) is 0.143. The molecule has 0 aliphatic heterocycles. The van der Waals surface area contributed by atoms with Gasteiger partial charge in [0.15, 0.2) is 0 Å². The number of nitrogens with one attached hydrogen (secondary N) is 1. The van der Waals surface area contributed by atoms with Crippen molar-refractivity contribution in [3.63, 3.8) is 0 Å². The lowest BCUT2D eigenvalue weighted by molar-refractivity contribution is 0.338. The van der Waals surface area contributed by atoms with Gasteiger partial charge in [-0.15, -0.1) is 11.3 Å². The zero-order chi connectivity index (χ0) is 14.7. The molecule has 0 unspecified atom stereocenters. The lowest BCUT2D eigenvalue weighted by Gasteiger charge is -2.09. The van der Waals surface area contributed by atoms with E-state index in [1.807, 2.05) is 42.6 Å². The maximum atomic E-state index is 5.86. The van der Waals surface area contributed by atoms with Crippen LogP contribution in [0.2, 0.25) is 0 Å². The molecule has 3 rings (SSSR count). The van der Waals surface area contributed by atoms with E-state index >= 15 is 0 Å². The fourth-order valence-corrected chi connectivity index (χ4v) is 2.63. The van der Waals surface area contributed by atoms with E-state index in [2.05, 4.69) is 15.4 Å². The highest BCUT2D eigenvalue weighted by molar-refractivity contribution is 7.16. The Balaban J connectivity index is 1.97. The Labute approximate surface area is 125 Å². The zero-order valence-electron chi connectivity index (χ0n) is 11.4. The summed E-state index contributed by atoms with van der Waals surface area (Å²) in [5.41, 5.74) is 2.45. The summed E-state index contributed by atoms with van der Waals surface area (Å²) in [6.07, 6.45) is 0. The smallest absolute Gasteiger partial charge is 0.241 e. The maximum Gasteiger partial charge on any atom is 0.241 e. The Kier molecular flexibility index (Phi) is 3.85. The minimum Gasteiger partial charge on any atom is -0.494 e. The van der Waals surface area contributed by atoms with E-state index in [-0.39, 0.29) is 0 Å². The van der Waals surface area contributed by atoms with Crippen LogP contribution in [0.3, 0.4) is 0 Å². The fourth-order valence-electron chi connectivity index (χ4n) is 1.88. The monoisotopic (exact) mass is 302 g/mol. The molecule has 0 saturated carbocycles. The van der Waals surface area contributed by atoms with Crippen molar-refractivity contribution in [1.82, 2.24) is 9.97 Å². The van der Waals surface area contributed by atoms with Gasteiger partial charge in [-0.05, 0) is 30.5 Å². The molecule has 1 aromatic carbocycles. The highest BCUT2D eigenvalue weighted by Gasteiger charge is 2.11. The SMILES string of the molecule is CCOc1cccc(Oc2nc(NN)nc3sccc23)c1. The molecule has 0 aliphatic carbocycles. The van der Waals surface area contributed by atoms with Gasteiger partial charge in [-0.3, -0.25) is 5.43 Å². The first kappa shape index (κ1) is 13.6. The van der Waals surface area contributed by atoms with Crippen molar-refractivity contribution in [3.8, 4) is 17.4 Å². The second-order valence-corrected chi connectivity index (χ2v) is 5.04. The predicted octanol–water partition coefficient (Wildman–Crippen LogP) is 3.17. The Bertz CT molecular complexity index is 760. The number of fused-ring (bicyclic) bond motifs is 1. The molecule has 0 amide bonds. The predicted molar refractivity (Wildman–Crippen MR) is 82.9 cm³/mol. The maximum absolute atomic E-state index is 5.86. The molecule has 2 aromatic heterocycles. The third-order valence-electron chi connectivity index (χ3n) is 2.75. The van der Waals surface area contributed by atoms with Gasteiger partial charge in [0.25, 0.3) is 0 Å². The van der Waals surface area contributed by atoms with E-state index in [9.17, 15) is 0 Å². The van der Waals surface area contributed by atoms with Crippen molar-refractivity contribution in [2.45, 2.75) is 6.92 Å². The number of nitrogens with two attached hydrogens (primary N) is 1. The van der Waals surface area contributed by atoms with Gasteiger partial charge >= 0.3 is 0 Å². The first-order valence-electron chi connectivity index (χ1n) is 6.42. The third kappa shape index (κ3) is 2.88. The standard InChI is InChI=1S/C14H14N4O2S/c1-2-19-9-4-3-5-10(8-9)20-12-11-6-7-21-13(11)17-14(16-12)18-15/h3-8H,2,15H2,1H3,(H,16,17,18). The summed E-state index contributed by atoms with van der Waals surface area (Å²) in [7, 11) is 0. The second kappa shape index (κ2) is 5.94. The summed E-state index contributed by atoms with van der Waals surface area (Å²) in [6.45, 7) is 2.54. The van der Waals surface area contributed by atoms with Gasteiger partial charge in [0.1, 0.15) is 16.3 Å². The third-order valence-corrected chi connectivity index (χ3v) is 3.56. The number of rotatable bonds is 5. The molecule has 0 aliphatic rings. The molecule has 7 heteroatoms. The van der Waals surface area contributed by atoms with E-state index in [0.717, 1.165) is 16.0 Å². The van der Waals surface area contributed by atoms with Crippen LogP contribution in [0.25, 0.3) is 10.2 Å². The van der Waals surface area contributed by atoms with Crippen LogP contribution >= 0.6 is 11.3 Å². The van der Waals surface area contributed by atoms with E-state index in [1.54, 1.807) is 0 Å². The summed E-state index contributed by atoms with van der Waals surface area (Å²) in [6, 6.07) is 9.33. The number of aromatic nitrogens is 2. The molecule has 0 saturated heterocycles. The molecular formula is C14H14N4O2S. The molecule has 21 heavy (non-hydrogen) atoms. The van der Waals surface area contributed by atoms with Crippen LogP contribution in [0, 0.1) is 0 Å². The lowest BCUT2D eigenvalue weighted by Crippen LogP contribution is -2.10. The van der Waals surface area contributed by atoms with Gasteiger partial charge in [0.05, 0.1) is 12.0 Å². The molecular weight excluding hydrogens is 288 g/mol. The van der Waals surface area contributed by atoms with Gasteiger partial charge in [-0.25, -0.2) is 10.8 Å². The van der Waals surface area contributed by atoms with E-state index < -0.39 is 0 Å². The number of hydrogen-bond donors (Lipinski definition) is 2. The van der Waals surface area contributed by atoms with Crippen molar-refractivity contribution >= 4 is 27.5 Å². The molecule has 0 bridgehead atoms. The van der Waals surface area contributed by atoms with Crippen molar-refractivity contribution in [1.29, 1.82) is 0 Å². The number of nitrogens with zero attached hydrogens (tertiary/aromatic N) is 2. The number of anilines is 1. The van der Waals surface area contributed by atoms with E-state index in [1.165, 1.54) is 11.3 Å². The number of hydrogen-bond acceptors (Lipinski definition) is 7. The highest BCUT2D eigenvalue weighted by Crippen LogP contribution is 2.32. The molecule has 0 radical (unpaired) electrons. The minimum atomic E-state index is 0.320. The zero-order valence-corrected chi connectivity index (χ0v) is 12.2. The number of ether oxygens (including phenoxy) is 2. The van der Waals surface area contributed by atoms with Gasteiger partial charge in [-0.2, -0.15) is 4.98 Å².